The second kappa shape index (κ2) is 7.89. The smallest absolute Gasteiger partial charge is 0.150 e. The molecular weight excluding hydrogens is 345 g/mol. The van der Waals surface area contributed by atoms with Crippen molar-refractivity contribution < 1.29 is 4.39 Å². The van der Waals surface area contributed by atoms with Crippen molar-refractivity contribution in [1.29, 1.82) is 10.8 Å². The van der Waals surface area contributed by atoms with Gasteiger partial charge in [0.05, 0.1) is 34.5 Å². The second-order valence-electron chi connectivity index (χ2n) is 6.80. The molecule has 1 aliphatic carbocycles. The first-order valence-electron chi connectivity index (χ1n) is 8.92. The van der Waals surface area contributed by atoms with Gasteiger partial charge in [0.1, 0.15) is 5.71 Å². The van der Waals surface area contributed by atoms with Crippen molar-refractivity contribution in [2.45, 2.75) is 32.7 Å². The Morgan fingerprint density at radius 1 is 1.22 bits per heavy atom. The van der Waals surface area contributed by atoms with E-state index in [1.165, 1.54) is 12.2 Å². The van der Waals surface area contributed by atoms with Crippen LogP contribution < -0.4 is 11.1 Å². The normalized spacial score (nSPS) is 18.1. The Kier molecular flexibility index (Phi) is 5.57. The van der Waals surface area contributed by atoms with Gasteiger partial charge < -0.3 is 11.1 Å². The van der Waals surface area contributed by atoms with E-state index in [0.717, 1.165) is 42.8 Å². The number of nitrogens with two attached hydrogens (primary N) is 1. The second-order valence-corrected chi connectivity index (χ2v) is 6.80. The van der Waals surface area contributed by atoms with Crippen molar-refractivity contribution in [3.8, 4) is 0 Å². The van der Waals surface area contributed by atoms with E-state index in [0.29, 0.717) is 17.3 Å². The summed E-state index contributed by atoms with van der Waals surface area (Å²) in [5, 5.41) is 22.6. The maximum absolute atomic E-state index is 13.6. The highest BCUT2D eigenvalue weighted by molar-refractivity contribution is 6.51. The zero-order valence-corrected chi connectivity index (χ0v) is 15.5. The first kappa shape index (κ1) is 19.1. The molecule has 1 saturated heterocycles. The van der Waals surface area contributed by atoms with Gasteiger partial charge in [-0.25, -0.2) is 8.91 Å². The molecule has 142 valence electrons. The largest absolute Gasteiger partial charge is 0.328 e. The topological polar surface area (TPSA) is 116 Å². The van der Waals surface area contributed by atoms with Crippen LogP contribution in [0.2, 0.25) is 0 Å². The van der Waals surface area contributed by atoms with Crippen LogP contribution in [0, 0.1) is 24.7 Å². The Balaban J connectivity index is 0.000000253. The number of piperidine rings is 1. The zero-order chi connectivity index (χ0) is 19.6. The maximum Gasteiger partial charge on any atom is 0.150 e. The number of aromatic nitrogens is 3. The minimum absolute atomic E-state index is 0.150. The number of nitrogens with zero attached hydrogens (tertiary/aromatic N) is 3. The fourth-order valence-corrected chi connectivity index (χ4v) is 3.03. The summed E-state index contributed by atoms with van der Waals surface area (Å²) in [7, 11) is 0. The summed E-state index contributed by atoms with van der Waals surface area (Å²) in [4.78, 5) is 4.36. The molecule has 0 radical (unpaired) electrons. The van der Waals surface area contributed by atoms with Gasteiger partial charge in [-0.05, 0) is 58.0 Å². The van der Waals surface area contributed by atoms with E-state index >= 15 is 0 Å². The van der Waals surface area contributed by atoms with Crippen molar-refractivity contribution in [2.75, 3.05) is 13.1 Å². The number of rotatable bonds is 1. The van der Waals surface area contributed by atoms with Crippen LogP contribution in [0.1, 0.15) is 29.9 Å². The van der Waals surface area contributed by atoms with E-state index in [-0.39, 0.29) is 5.71 Å². The summed E-state index contributed by atoms with van der Waals surface area (Å²) in [6.07, 6.45) is 6.78. The van der Waals surface area contributed by atoms with Crippen molar-refractivity contribution >= 4 is 22.5 Å². The molecule has 0 aromatic carbocycles. The minimum atomic E-state index is -0.712. The average molecular weight is 369 g/mol. The van der Waals surface area contributed by atoms with Crippen LogP contribution in [0.3, 0.4) is 0 Å². The molecule has 8 heteroatoms. The molecule has 3 heterocycles. The number of halogens is 1. The summed E-state index contributed by atoms with van der Waals surface area (Å²) in [6, 6.07) is 2.28. The van der Waals surface area contributed by atoms with Crippen LogP contribution in [0.15, 0.2) is 30.2 Å². The molecule has 0 bridgehead atoms. The van der Waals surface area contributed by atoms with Crippen LogP contribution in [0.25, 0.3) is 11.1 Å². The van der Waals surface area contributed by atoms with Gasteiger partial charge in [0.2, 0.25) is 0 Å². The van der Waals surface area contributed by atoms with Crippen molar-refractivity contribution in [3.63, 3.8) is 0 Å². The van der Waals surface area contributed by atoms with Gasteiger partial charge in [-0.15, -0.1) is 0 Å². The molecule has 0 unspecified atom stereocenters. The molecule has 0 amide bonds. The summed E-state index contributed by atoms with van der Waals surface area (Å²) < 4.78 is 15.3. The number of fused-ring (bicyclic) bond motifs is 1. The van der Waals surface area contributed by atoms with E-state index in [2.05, 4.69) is 15.4 Å². The van der Waals surface area contributed by atoms with Gasteiger partial charge in [0.25, 0.3) is 0 Å². The van der Waals surface area contributed by atoms with Crippen LogP contribution in [-0.2, 0) is 0 Å². The van der Waals surface area contributed by atoms with Gasteiger partial charge in [0.15, 0.2) is 5.83 Å². The predicted octanol–water partition coefficient (Wildman–Crippen LogP) is 2.33. The highest BCUT2D eigenvalue weighted by Crippen LogP contribution is 2.24. The van der Waals surface area contributed by atoms with Crippen molar-refractivity contribution in [2.24, 2.45) is 5.73 Å². The summed E-state index contributed by atoms with van der Waals surface area (Å²) in [6.45, 7) is 5.99. The third-order valence-corrected chi connectivity index (χ3v) is 4.53. The monoisotopic (exact) mass is 369 g/mol. The van der Waals surface area contributed by atoms with E-state index in [1.807, 2.05) is 13.8 Å². The fourth-order valence-electron chi connectivity index (χ4n) is 3.03. The Hall–Kier alpha value is -2.71. The van der Waals surface area contributed by atoms with Crippen LogP contribution >= 0.6 is 0 Å². The lowest BCUT2D eigenvalue weighted by Crippen LogP contribution is -2.35. The van der Waals surface area contributed by atoms with E-state index < -0.39 is 11.5 Å². The molecular formula is C19H24FN7. The molecule has 4 rings (SSSR count). The summed E-state index contributed by atoms with van der Waals surface area (Å²) in [5.41, 5.74) is 8.63. The van der Waals surface area contributed by atoms with Gasteiger partial charge >= 0.3 is 0 Å². The van der Waals surface area contributed by atoms with Gasteiger partial charge in [-0.3, -0.25) is 15.8 Å². The van der Waals surface area contributed by atoms with E-state index in [4.69, 9.17) is 16.6 Å². The summed E-state index contributed by atoms with van der Waals surface area (Å²) >= 11 is 0. The Morgan fingerprint density at radius 3 is 2.52 bits per heavy atom. The molecule has 0 spiro atoms. The van der Waals surface area contributed by atoms with Crippen LogP contribution in [-0.4, -0.2) is 45.2 Å². The molecule has 5 N–H and O–H groups in total. The Labute approximate surface area is 157 Å². The zero-order valence-electron chi connectivity index (χ0n) is 15.5. The van der Waals surface area contributed by atoms with E-state index in [1.54, 1.807) is 16.8 Å². The molecule has 27 heavy (non-hydrogen) atoms. The first-order chi connectivity index (χ1) is 12.8. The molecule has 2 aromatic rings. The van der Waals surface area contributed by atoms with Gasteiger partial charge in [-0.2, -0.15) is 5.10 Å². The third-order valence-electron chi connectivity index (χ3n) is 4.53. The van der Waals surface area contributed by atoms with Gasteiger partial charge in [-0.1, -0.05) is 0 Å². The highest BCUT2D eigenvalue weighted by atomic mass is 19.1. The molecule has 2 aromatic heterocycles. The molecule has 0 saturated carbocycles. The lowest BCUT2D eigenvalue weighted by molar-refractivity contribution is 0.458. The highest BCUT2D eigenvalue weighted by Gasteiger charge is 2.18. The molecule has 7 nitrogen and oxygen atoms in total. The van der Waals surface area contributed by atoms with Crippen LogP contribution in [0.5, 0.6) is 0 Å². The number of nitrogens with one attached hydrogen (secondary N) is 3. The van der Waals surface area contributed by atoms with Crippen molar-refractivity contribution in [3.05, 3.63) is 47.3 Å². The fraction of sp³-hybridized carbons (Fsp3) is 0.368. The molecule has 1 fully saturated rings. The predicted molar refractivity (Wildman–Crippen MR) is 105 cm³/mol. The molecule has 2 aliphatic rings. The van der Waals surface area contributed by atoms with Gasteiger partial charge in [0, 0.05) is 11.6 Å². The quantitative estimate of drug-likeness (QED) is 0.577. The first-order valence-corrected chi connectivity index (χ1v) is 8.92. The summed E-state index contributed by atoms with van der Waals surface area (Å²) in [5.74, 6) is -0.712. The Bertz CT molecular complexity index is 948. The number of hydrogen-bond acceptors (Lipinski definition) is 6. The lowest BCUT2D eigenvalue weighted by atomic mass is 10.0. The third kappa shape index (κ3) is 4.35. The SMILES string of the molecule is Cc1cn2nc(C3=CC(=N)C(=N)C(F)=C3)cc2c(C)n1.NC1CCNCC1. The average Bonchev–Trinajstić information content (AvgIpc) is 3.05. The standard InChI is InChI=1S/C14H12FN5.C5H12N2/c1-7-6-20-13(8(2)18-7)5-12(19-20)9-3-10(15)14(17)11(16)4-9;6-5-1-3-7-4-2-5/h3-6,16-17H,1-2H3;5,7H,1-4,6H2. The molecule has 0 atom stereocenters. The number of hydrogen-bond donors (Lipinski definition) is 4. The van der Waals surface area contributed by atoms with Crippen molar-refractivity contribution in [1.82, 2.24) is 19.9 Å². The van der Waals surface area contributed by atoms with Crippen LogP contribution in [0.4, 0.5) is 4.39 Å². The minimum Gasteiger partial charge on any atom is -0.328 e. The Morgan fingerprint density at radius 2 is 1.93 bits per heavy atom. The number of allylic oxidation sites excluding steroid dienone is 4. The number of aryl methyl sites for hydroxylation is 2. The molecule has 1 aliphatic heterocycles. The maximum atomic E-state index is 13.6. The van der Waals surface area contributed by atoms with E-state index in [9.17, 15) is 4.39 Å². The lowest BCUT2D eigenvalue weighted by Gasteiger charge is -2.17.